The Morgan fingerprint density at radius 3 is 2.47 bits per heavy atom. The minimum absolute atomic E-state index is 0.000348. The minimum Gasteiger partial charge on any atom is -0.483 e. The predicted octanol–water partition coefficient (Wildman–Crippen LogP) is 4.64. The Morgan fingerprint density at radius 2 is 1.81 bits per heavy atom. The first-order valence-corrected chi connectivity index (χ1v) is 11.8. The maximum Gasteiger partial charge on any atom is 0.416 e. The van der Waals surface area contributed by atoms with Crippen molar-refractivity contribution in [2.45, 2.75) is 56.1 Å². The standard InChI is InChI=1S/C22H25F3N2O4S/c1-15-12-19(32(29,30)27-17-7-3-2-4-8-17)10-11-20(15)31-14-21(28)26-18-9-5-6-16(13-18)22(23,24)25/h5-6,9-13,17,27H,2-4,7-8,14H2,1H3,(H,26,28). The monoisotopic (exact) mass is 470 g/mol. The first-order valence-electron chi connectivity index (χ1n) is 10.3. The molecule has 3 rings (SSSR count). The first kappa shape index (κ1) is 24.1. The highest BCUT2D eigenvalue weighted by Crippen LogP contribution is 2.30. The van der Waals surface area contributed by atoms with Crippen LogP contribution in [0, 0.1) is 6.92 Å². The van der Waals surface area contributed by atoms with Gasteiger partial charge in [-0.2, -0.15) is 13.2 Å². The maximum atomic E-state index is 12.8. The van der Waals surface area contributed by atoms with Crippen molar-refractivity contribution < 1.29 is 31.1 Å². The summed E-state index contributed by atoms with van der Waals surface area (Å²) in [7, 11) is -3.66. The molecule has 1 aliphatic carbocycles. The molecule has 0 radical (unpaired) electrons. The summed E-state index contributed by atoms with van der Waals surface area (Å²) in [6.07, 6.45) is 0.247. The minimum atomic E-state index is -4.51. The highest BCUT2D eigenvalue weighted by Gasteiger charge is 2.30. The Hall–Kier alpha value is -2.59. The molecule has 10 heteroatoms. The Morgan fingerprint density at radius 1 is 1.09 bits per heavy atom. The van der Waals surface area contributed by atoms with E-state index in [0.717, 1.165) is 44.2 Å². The zero-order valence-electron chi connectivity index (χ0n) is 17.5. The molecule has 6 nitrogen and oxygen atoms in total. The Bertz CT molecular complexity index is 1070. The number of aryl methyl sites for hydroxylation is 1. The fourth-order valence-electron chi connectivity index (χ4n) is 3.57. The van der Waals surface area contributed by atoms with Crippen molar-refractivity contribution >= 4 is 21.6 Å². The molecule has 1 saturated carbocycles. The molecule has 0 aliphatic heterocycles. The predicted molar refractivity (Wildman–Crippen MR) is 114 cm³/mol. The Labute approximate surface area is 185 Å². The van der Waals surface area contributed by atoms with Gasteiger partial charge in [-0.15, -0.1) is 0 Å². The topological polar surface area (TPSA) is 84.5 Å². The molecule has 1 amide bonds. The van der Waals surface area contributed by atoms with Crippen LogP contribution in [0.2, 0.25) is 0 Å². The lowest BCUT2D eigenvalue weighted by molar-refractivity contribution is -0.137. The molecule has 2 aromatic carbocycles. The zero-order valence-corrected chi connectivity index (χ0v) is 18.4. The molecule has 0 heterocycles. The summed E-state index contributed by atoms with van der Waals surface area (Å²) < 4.78 is 71.8. The zero-order chi connectivity index (χ0) is 23.4. The number of sulfonamides is 1. The fraction of sp³-hybridized carbons (Fsp3) is 0.409. The van der Waals surface area contributed by atoms with Crippen LogP contribution in [0.25, 0.3) is 0 Å². The molecular weight excluding hydrogens is 445 g/mol. The molecule has 1 aliphatic rings. The van der Waals surface area contributed by atoms with E-state index in [1.807, 2.05) is 0 Å². The van der Waals surface area contributed by atoms with Gasteiger partial charge in [0, 0.05) is 11.7 Å². The number of carbonyl (C=O) groups is 1. The highest BCUT2D eigenvalue weighted by molar-refractivity contribution is 7.89. The van der Waals surface area contributed by atoms with Crippen molar-refractivity contribution in [2.75, 3.05) is 11.9 Å². The van der Waals surface area contributed by atoms with Gasteiger partial charge in [-0.1, -0.05) is 25.3 Å². The van der Waals surface area contributed by atoms with Crippen molar-refractivity contribution in [2.24, 2.45) is 0 Å². The van der Waals surface area contributed by atoms with Crippen LogP contribution in [-0.2, 0) is 21.0 Å². The van der Waals surface area contributed by atoms with Gasteiger partial charge in [-0.3, -0.25) is 4.79 Å². The number of carbonyl (C=O) groups excluding carboxylic acids is 1. The molecule has 2 aromatic rings. The number of nitrogens with one attached hydrogen (secondary N) is 2. The van der Waals surface area contributed by atoms with Gasteiger partial charge < -0.3 is 10.1 Å². The average Bonchev–Trinajstić information content (AvgIpc) is 2.73. The van der Waals surface area contributed by atoms with E-state index >= 15 is 0 Å². The number of halogens is 3. The van der Waals surface area contributed by atoms with Crippen LogP contribution in [-0.4, -0.2) is 27.0 Å². The van der Waals surface area contributed by atoms with Gasteiger partial charge in [0.15, 0.2) is 6.61 Å². The molecule has 0 spiro atoms. The number of rotatable bonds is 7. The van der Waals surface area contributed by atoms with Crippen LogP contribution in [0.3, 0.4) is 0 Å². The number of hydrogen-bond donors (Lipinski definition) is 2. The van der Waals surface area contributed by atoms with Crippen molar-refractivity contribution in [1.29, 1.82) is 0 Å². The van der Waals surface area contributed by atoms with Crippen molar-refractivity contribution in [1.82, 2.24) is 4.72 Å². The van der Waals surface area contributed by atoms with E-state index in [1.54, 1.807) is 6.92 Å². The summed E-state index contributed by atoms with van der Waals surface area (Å²) in [6, 6.07) is 8.55. The third-order valence-corrected chi connectivity index (χ3v) is 6.73. The van der Waals surface area contributed by atoms with Gasteiger partial charge in [-0.05, 0) is 61.7 Å². The summed E-state index contributed by atoms with van der Waals surface area (Å²) in [5, 5.41) is 2.36. The Kier molecular flexibility index (Phi) is 7.45. The number of anilines is 1. The summed E-state index contributed by atoms with van der Waals surface area (Å²) in [5.41, 5.74) is -0.352. The van der Waals surface area contributed by atoms with Crippen LogP contribution in [0.4, 0.5) is 18.9 Å². The molecule has 32 heavy (non-hydrogen) atoms. The molecule has 0 aromatic heterocycles. The van der Waals surface area contributed by atoms with E-state index in [1.165, 1.54) is 30.3 Å². The lowest BCUT2D eigenvalue weighted by Gasteiger charge is -2.22. The van der Waals surface area contributed by atoms with Crippen LogP contribution >= 0.6 is 0 Å². The van der Waals surface area contributed by atoms with Gasteiger partial charge in [0.05, 0.1) is 10.5 Å². The fourth-order valence-corrected chi connectivity index (χ4v) is 4.96. The molecular formula is C22H25F3N2O4S. The number of benzene rings is 2. The molecule has 0 unspecified atom stereocenters. The first-order chi connectivity index (χ1) is 15.0. The van der Waals surface area contributed by atoms with Crippen LogP contribution in [0.15, 0.2) is 47.4 Å². The van der Waals surface area contributed by atoms with Gasteiger partial charge in [-0.25, -0.2) is 13.1 Å². The molecule has 0 saturated heterocycles. The van der Waals surface area contributed by atoms with Crippen molar-refractivity contribution in [3.05, 3.63) is 53.6 Å². The van der Waals surface area contributed by atoms with Crippen LogP contribution in [0.1, 0.15) is 43.2 Å². The molecule has 1 fully saturated rings. The van der Waals surface area contributed by atoms with Crippen molar-refractivity contribution in [3.63, 3.8) is 0 Å². The molecule has 2 N–H and O–H groups in total. The third kappa shape index (κ3) is 6.46. The largest absolute Gasteiger partial charge is 0.483 e. The smallest absolute Gasteiger partial charge is 0.416 e. The van der Waals surface area contributed by atoms with Gasteiger partial charge >= 0.3 is 6.18 Å². The summed E-state index contributed by atoms with van der Waals surface area (Å²) in [6.45, 7) is 1.21. The van der Waals surface area contributed by atoms with E-state index < -0.39 is 34.3 Å². The van der Waals surface area contributed by atoms with E-state index in [0.29, 0.717) is 11.3 Å². The average molecular weight is 471 g/mol. The molecule has 0 bridgehead atoms. The molecule has 174 valence electrons. The normalized spacial score (nSPS) is 15.4. The van der Waals surface area contributed by atoms with E-state index in [2.05, 4.69) is 10.0 Å². The van der Waals surface area contributed by atoms with Crippen LogP contribution in [0.5, 0.6) is 5.75 Å². The van der Waals surface area contributed by atoms with Gasteiger partial charge in [0.1, 0.15) is 5.75 Å². The SMILES string of the molecule is Cc1cc(S(=O)(=O)NC2CCCCC2)ccc1OCC(=O)Nc1cccc(C(F)(F)F)c1. The van der Waals surface area contributed by atoms with E-state index in [4.69, 9.17) is 4.74 Å². The summed E-state index contributed by atoms with van der Waals surface area (Å²) in [5.74, 6) is -0.333. The second-order valence-corrected chi connectivity index (χ2v) is 9.51. The highest BCUT2D eigenvalue weighted by atomic mass is 32.2. The third-order valence-electron chi connectivity index (χ3n) is 5.22. The van der Waals surface area contributed by atoms with Crippen molar-refractivity contribution in [3.8, 4) is 5.75 Å². The van der Waals surface area contributed by atoms with E-state index in [-0.39, 0.29) is 16.6 Å². The maximum absolute atomic E-state index is 12.8. The second-order valence-electron chi connectivity index (χ2n) is 7.80. The Balaban J connectivity index is 1.59. The second kappa shape index (κ2) is 9.91. The molecule has 0 atom stereocenters. The van der Waals surface area contributed by atoms with E-state index in [9.17, 15) is 26.4 Å². The number of ether oxygens (including phenoxy) is 1. The summed E-state index contributed by atoms with van der Waals surface area (Å²) in [4.78, 5) is 12.2. The van der Waals surface area contributed by atoms with Gasteiger partial charge in [0.25, 0.3) is 5.91 Å². The number of amides is 1. The quantitative estimate of drug-likeness (QED) is 0.617. The van der Waals surface area contributed by atoms with Crippen LogP contribution < -0.4 is 14.8 Å². The lowest BCUT2D eigenvalue weighted by Crippen LogP contribution is -2.36. The number of alkyl halides is 3. The van der Waals surface area contributed by atoms with Gasteiger partial charge in [0.2, 0.25) is 10.0 Å². The number of hydrogen-bond acceptors (Lipinski definition) is 4. The lowest BCUT2D eigenvalue weighted by atomic mass is 9.96. The summed E-state index contributed by atoms with van der Waals surface area (Å²) >= 11 is 0.